The van der Waals surface area contributed by atoms with Crippen molar-refractivity contribution in [2.45, 2.75) is 0 Å². The molecule has 0 spiro atoms. The van der Waals surface area contributed by atoms with Crippen molar-refractivity contribution >= 4 is 11.5 Å². The molecule has 1 N–H and O–H groups in total. The van der Waals surface area contributed by atoms with Crippen molar-refractivity contribution in [1.29, 1.82) is 0 Å². The quantitative estimate of drug-likeness (QED) is 0.761. The van der Waals surface area contributed by atoms with Gasteiger partial charge in [-0.1, -0.05) is 30.3 Å². The number of hydrogen-bond acceptors (Lipinski definition) is 3. The van der Waals surface area contributed by atoms with Gasteiger partial charge in [-0.25, -0.2) is 4.98 Å². The summed E-state index contributed by atoms with van der Waals surface area (Å²) in [4.78, 5) is 4.45. The molecule has 0 radical (unpaired) electrons. The summed E-state index contributed by atoms with van der Waals surface area (Å²) in [6.07, 6.45) is 1.79. The maximum atomic E-state index is 5.17. The number of nitrogens with zero attached hydrogens (tertiary/aromatic N) is 1. The lowest BCUT2D eigenvalue weighted by molar-refractivity contribution is 0.415. The van der Waals surface area contributed by atoms with Crippen LogP contribution >= 0.6 is 0 Å². The van der Waals surface area contributed by atoms with Crippen molar-refractivity contribution in [2.75, 3.05) is 12.4 Å². The van der Waals surface area contributed by atoms with Gasteiger partial charge in [-0.05, 0) is 42.0 Å². The molecule has 0 amide bonds. The van der Waals surface area contributed by atoms with Crippen LogP contribution < -0.4 is 10.1 Å². The lowest BCUT2D eigenvalue weighted by Crippen LogP contribution is -1.96. The monoisotopic (exact) mass is 276 g/mol. The van der Waals surface area contributed by atoms with E-state index in [1.807, 2.05) is 48.5 Å². The second-order valence-electron chi connectivity index (χ2n) is 4.62. The van der Waals surface area contributed by atoms with E-state index in [1.54, 1.807) is 13.3 Å². The molecule has 0 saturated heterocycles. The van der Waals surface area contributed by atoms with E-state index in [1.165, 1.54) is 0 Å². The zero-order chi connectivity index (χ0) is 14.5. The molecule has 3 heteroatoms. The molecule has 0 saturated carbocycles. The molecule has 1 aromatic heterocycles. The van der Waals surface area contributed by atoms with Crippen LogP contribution in [-0.2, 0) is 0 Å². The lowest BCUT2D eigenvalue weighted by atomic mass is 10.1. The van der Waals surface area contributed by atoms with Crippen molar-refractivity contribution in [2.24, 2.45) is 0 Å². The van der Waals surface area contributed by atoms with Gasteiger partial charge in [-0.15, -0.1) is 0 Å². The zero-order valence-electron chi connectivity index (χ0n) is 11.8. The Bertz CT molecular complexity index is 709. The van der Waals surface area contributed by atoms with Gasteiger partial charge in [0, 0.05) is 17.4 Å². The fourth-order valence-electron chi connectivity index (χ4n) is 2.17. The van der Waals surface area contributed by atoms with Crippen molar-refractivity contribution < 1.29 is 4.74 Å². The van der Waals surface area contributed by atoms with Crippen LogP contribution in [0.15, 0.2) is 72.9 Å². The lowest BCUT2D eigenvalue weighted by Gasteiger charge is -2.11. The highest BCUT2D eigenvalue weighted by molar-refractivity contribution is 5.78. The highest BCUT2D eigenvalue weighted by Gasteiger charge is 2.06. The molecule has 0 aliphatic heterocycles. The molecule has 0 fully saturated rings. The van der Waals surface area contributed by atoms with Gasteiger partial charge in [0.1, 0.15) is 11.6 Å². The third-order valence-electron chi connectivity index (χ3n) is 3.25. The van der Waals surface area contributed by atoms with E-state index in [-0.39, 0.29) is 0 Å². The number of nitrogens with one attached hydrogen (secondary N) is 1. The normalized spacial score (nSPS) is 10.1. The number of anilines is 2. The maximum absolute atomic E-state index is 5.17. The number of methoxy groups -OCH3 is 1. The van der Waals surface area contributed by atoms with E-state index in [0.29, 0.717) is 0 Å². The minimum Gasteiger partial charge on any atom is -0.497 e. The second kappa shape index (κ2) is 6.09. The molecular formula is C18H16N2O. The Morgan fingerprint density at radius 1 is 0.857 bits per heavy atom. The highest BCUT2D eigenvalue weighted by Crippen LogP contribution is 2.28. The van der Waals surface area contributed by atoms with Crippen LogP contribution in [0.1, 0.15) is 0 Å². The van der Waals surface area contributed by atoms with E-state index in [0.717, 1.165) is 28.4 Å². The topological polar surface area (TPSA) is 34.1 Å². The van der Waals surface area contributed by atoms with Gasteiger partial charge in [0.15, 0.2) is 0 Å². The minimum atomic E-state index is 0.838. The molecule has 0 aliphatic rings. The Kier molecular flexibility index (Phi) is 3.83. The molecule has 104 valence electrons. The summed E-state index contributed by atoms with van der Waals surface area (Å²) >= 11 is 0. The summed E-state index contributed by atoms with van der Waals surface area (Å²) in [5.74, 6) is 1.68. The van der Waals surface area contributed by atoms with E-state index < -0.39 is 0 Å². The predicted molar refractivity (Wildman–Crippen MR) is 85.9 cm³/mol. The van der Waals surface area contributed by atoms with Gasteiger partial charge in [0.2, 0.25) is 0 Å². The summed E-state index contributed by atoms with van der Waals surface area (Å²) in [5, 5.41) is 3.36. The summed E-state index contributed by atoms with van der Waals surface area (Å²) in [6.45, 7) is 0. The van der Waals surface area contributed by atoms with Crippen molar-refractivity contribution in [3.05, 3.63) is 72.9 Å². The molecule has 3 rings (SSSR count). The van der Waals surface area contributed by atoms with E-state index in [4.69, 9.17) is 4.74 Å². The Labute approximate surface area is 124 Å². The zero-order valence-corrected chi connectivity index (χ0v) is 11.8. The van der Waals surface area contributed by atoms with Crippen LogP contribution in [0.25, 0.3) is 11.1 Å². The van der Waals surface area contributed by atoms with Crippen LogP contribution in [0.5, 0.6) is 5.75 Å². The van der Waals surface area contributed by atoms with Crippen molar-refractivity contribution in [1.82, 2.24) is 4.98 Å². The first-order valence-electron chi connectivity index (χ1n) is 6.78. The number of pyridine rings is 1. The number of ether oxygens (including phenoxy) is 1. The van der Waals surface area contributed by atoms with Crippen LogP contribution in [-0.4, -0.2) is 12.1 Å². The molecule has 21 heavy (non-hydrogen) atoms. The van der Waals surface area contributed by atoms with Crippen LogP contribution in [0.2, 0.25) is 0 Å². The van der Waals surface area contributed by atoms with Crippen LogP contribution in [0.4, 0.5) is 11.5 Å². The average molecular weight is 276 g/mol. The average Bonchev–Trinajstić information content (AvgIpc) is 2.57. The predicted octanol–water partition coefficient (Wildman–Crippen LogP) is 4.50. The maximum Gasteiger partial charge on any atom is 0.138 e. The van der Waals surface area contributed by atoms with Gasteiger partial charge >= 0.3 is 0 Å². The molecule has 0 unspecified atom stereocenters. The van der Waals surface area contributed by atoms with Gasteiger partial charge in [0.05, 0.1) is 7.11 Å². The molecule has 3 aromatic rings. The molecule has 0 atom stereocenters. The van der Waals surface area contributed by atoms with Gasteiger partial charge in [0.25, 0.3) is 0 Å². The summed E-state index contributed by atoms with van der Waals surface area (Å²) in [6, 6.07) is 22.0. The number of hydrogen-bond donors (Lipinski definition) is 1. The van der Waals surface area contributed by atoms with Crippen LogP contribution in [0, 0.1) is 0 Å². The first-order chi connectivity index (χ1) is 10.4. The summed E-state index contributed by atoms with van der Waals surface area (Å²) in [7, 11) is 1.66. The van der Waals surface area contributed by atoms with Gasteiger partial charge in [-0.2, -0.15) is 0 Å². The SMILES string of the molecule is COc1ccc(Nc2ncccc2-c2ccccc2)cc1. The molecule has 1 heterocycles. The Hall–Kier alpha value is -2.81. The van der Waals surface area contributed by atoms with E-state index in [2.05, 4.69) is 28.5 Å². The van der Waals surface area contributed by atoms with Crippen molar-refractivity contribution in [3.63, 3.8) is 0 Å². The van der Waals surface area contributed by atoms with E-state index in [9.17, 15) is 0 Å². The smallest absolute Gasteiger partial charge is 0.138 e. The Morgan fingerprint density at radius 3 is 2.33 bits per heavy atom. The summed E-state index contributed by atoms with van der Waals surface area (Å²) in [5.41, 5.74) is 3.20. The first kappa shape index (κ1) is 13.2. The standard InChI is InChI=1S/C18H16N2O/c1-21-16-11-9-15(10-12-16)20-18-17(8-5-13-19-18)14-6-3-2-4-7-14/h2-13H,1H3,(H,19,20). The highest BCUT2D eigenvalue weighted by atomic mass is 16.5. The molecule has 0 bridgehead atoms. The number of rotatable bonds is 4. The van der Waals surface area contributed by atoms with Crippen molar-refractivity contribution in [3.8, 4) is 16.9 Å². The fourth-order valence-corrected chi connectivity index (χ4v) is 2.17. The molecule has 3 nitrogen and oxygen atoms in total. The first-order valence-corrected chi connectivity index (χ1v) is 6.78. The van der Waals surface area contributed by atoms with Gasteiger partial charge in [-0.3, -0.25) is 0 Å². The second-order valence-corrected chi connectivity index (χ2v) is 4.62. The number of benzene rings is 2. The fraction of sp³-hybridized carbons (Fsp3) is 0.0556. The molecule has 0 aliphatic carbocycles. The van der Waals surface area contributed by atoms with Crippen LogP contribution in [0.3, 0.4) is 0 Å². The minimum absolute atomic E-state index is 0.838. The summed E-state index contributed by atoms with van der Waals surface area (Å²) < 4.78 is 5.17. The molecule has 2 aromatic carbocycles. The third-order valence-corrected chi connectivity index (χ3v) is 3.25. The number of aromatic nitrogens is 1. The Morgan fingerprint density at radius 2 is 1.62 bits per heavy atom. The van der Waals surface area contributed by atoms with Gasteiger partial charge < -0.3 is 10.1 Å². The molecular weight excluding hydrogens is 260 g/mol. The largest absolute Gasteiger partial charge is 0.497 e. The Balaban J connectivity index is 1.92. The van der Waals surface area contributed by atoms with E-state index >= 15 is 0 Å². The third kappa shape index (κ3) is 3.03.